The van der Waals surface area contributed by atoms with Crippen LogP contribution in [0.4, 0.5) is 5.00 Å². The van der Waals surface area contributed by atoms with Crippen molar-refractivity contribution in [3.8, 4) is 0 Å². The summed E-state index contributed by atoms with van der Waals surface area (Å²) < 4.78 is 16.9. The summed E-state index contributed by atoms with van der Waals surface area (Å²) in [6.07, 6.45) is 2.60. The Labute approximate surface area is 241 Å². The van der Waals surface area contributed by atoms with Crippen LogP contribution >= 0.6 is 34.4 Å². The molecule has 0 spiro atoms. The van der Waals surface area contributed by atoms with Crippen LogP contribution in [0.2, 0.25) is 0 Å². The minimum atomic E-state index is -0.512. The van der Waals surface area contributed by atoms with E-state index in [1.54, 1.807) is 29.7 Å². The third-order valence-electron chi connectivity index (χ3n) is 5.94. The van der Waals surface area contributed by atoms with Crippen LogP contribution in [-0.4, -0.2) is 66.6 Å². The molecule has 2 amide bonds. The van der Waals surface area contributed by atoms with Gasteiger partial charge in [0.15, 0.2) is 4.80 Å². The molecule has 0 aliphatic heterocycles. The third kappa shape index (κ3) is 6.62. The van der Waals surface area contributed by atoms with E-state index in [4.69, 9.17) is 14.2 Å². The van der Waals surface area contributed by atoms with E-state index >= 15 is 0 Å². The number of aryl methyl sites for hydroxylation is 1. The Bertz CT molecular complexity index is 1550. The smallest absolute Gasteiger partial charge is 0.341 e. The lowest BCUT2D eigenvalue weighted by Crippen LogP contribution is -2.23. The number of aromatic nitrogens is 1. The Hall–Kier alpha value is -3.49. The number of nitrogens with one attached hydrogen (secondary N) is 1. The Morgan fingerprint density at radius 1 is 1.05 bits per heavy atom. The molecule has 1 N–H and O–H groups in total. The van der Waals surface area contributed by atoms with Crippen LogP contribution in [0.15, 0.2) is 23.2 Å². The number of anilines is 1. The fourth-order valence-electron chi connectivity index (χ4n) is 4.23. The second-order valence-electron chi connectivity index (χ2n) is 8.55. The highest BCUT2D eigenvalue weighted by Gasteiger charge is 2.28. The second kappa shape index (κ2) is 13.2. The molecule has 0 bridgehead atoms. The summed E-state index contributed by atoms with van der Waals surface area (Å²) in [5.41, 5.74) is 2.28. The average molecular weight is 606 g/mol. The van der Waals surface area contributed by atoms with E-state index in [2.05, 4.69) is 10.3 Å². The van der Waals surface area contributed by atoms with Gasteiger partial charge in [-0.05, 0) is 49.9 Å². The van der Waals surface area contributed by atoms with Crippen LogP contribution in [0.1, 0.15) is 44.5 Å². The summed E-state index contributed by atoms with van der Waals surface area (Å²) in [6.45, 7) is 1.73. The first kappa shape index (κ1) is 29.5. The minimum Gasteiger partial charge on any atom is -0.465 e. The topological polar surface area (TPSA) is 142 Å². The molecule has 1 aromatic carbocycles. The Morgan fingerprint density at radius 3 is 2.55 bits per heavy atom. The van der Waals surface area contributed by atoms with Gasteiger partial charge in [-0.25, -0.2) is 9.59 Å². The van der Waals surface area contributed by atoms with Gasteiger partial charge in [0.25, 0.3) is 5.91 Å². The molecule has 14 heteroatoms. The van der Waals surface area contributed by atoms with Gasteiger partial charge >= 0.3 is 17.9 Å². The zero-order chi connectivity index (χ0) is 28.8. The van der Waals surface area contributed by atoms with Crippen molar-refractivity contribution >= 4 is 79.4 Å². The van der Waals surface area contributed by atoms with Gasteiger partial charge in [-0.1, -0.05) is 11.3 Å². The number of nitrogens with zero attached hydrogens (tertiary/aromatic N) is 2. The predicted octanol–water partition coefficient (Wildman–Crippen LogP) is 3.19. The Kier molecular flexibility index (Phi) is 9.76. The number of thiophene rings is 1. The molecule has 0 fully saturated rings. The molecule has 3 aromatic rings. The molecule has 2 heterocycles. The number of thiazole rings is 1. The van der Waals surface area contributed by atoms with Gasteiger partial charge in [-0.3, -0.25) is 14.4 Å². The predicted molar refractivity (Wildman–Crippen MR) is 152 cm³/mol. The number of amides is 2. The second-order valence-corrected chi connectivity index (χ2v) is 11.6. The lowest BCUT2D eigenvalue weighted by Gasteiger charge is -2.07. The van der Waals surface area contributed by atoms with Crippen LogP contribution < -0.4 is 10.1 Å². The summed E-state index contributed by atoms with van der Waals surface area (Å²) in [5, 5.41) is 3.25. The first-order valence-electron chi connectivity index (χ1n) is 12.3. The molecular formula is C26H27N3O8S3. The van der Waals surface area contributed by atoms with Crippen molar-refractivity contribution in [1.29, 1.82) is 0 Å². The van der Waals surface area contributed by atoms with Gasteiger partial charge in [0.1, 0.15) is 11.5 Å². The number of methoxy groups -OCH3 is 2. The molecular weight excluding hydrogens is 579 g/mol. The van der Waals surface area contributed by atoms with Crippen molar-refractivity contribution < 1.29 is 38.2 Å². The van der Waals surface area contributed by atoms with Crippen molar-refractivity contribution in [3.63, 3.8) is 0 Å². The third-order valence-corrected chi connectivity index (χ3v) is 9.10. The highest BCUT2D eigenvalue weighted by molar-refractivity contribution is 8.00. The molecule has 40 heavy (non-hydrogen) atoms. The van der Waals surface area contributed by atoms with E-state index in [-0.39, 0.29) is 35.4 Å². The summed E-state index contributed by atoms with van der Waals surface area (Å²) in [6, 6.07) is 4.83. The molecule has 2 aromatic heterocycles. The van der Waals surface area contributed by atoms with E-state index < -0.39 is 23.8 Å². The molecule has 1 aliphatic carbocycles. The molecule has 4 rings (SSSR count). The summed E-state index contributed by atoms with van der Waals surface area (Å²) in [4.78, 5) is 67.3. The molecule has 0 radical (unpaired) electrons. The van der Waals surface area contributed by atoms with Crippen molar-refractivity contribution in [2.75, 3.05) is 37.6 Å². The fraction of sp³-hybridized carbons (Fsp3) is 0.385. The largest absolute Gasteiger partial charge is 0.465 e. The number of hydrogen-bond donors (Lipinski definition) is 1. The number of carbonyl (C=O) groups is 5. The van der Waals surface area contributed by atoms with Crippen molar-refractivity contribution in [2.45, 2.75) is 32.7 Å². The lowest BCUT2D eigenvalue weighted by molar-refractivity contribution is -0.143. The van der Waals surface area contributed by atoms with E-state index in [9.17, 15) is 24.0 Å². The number of esters is 3. The van der Waals surface area contributed by atoms with Crippen LogP contribution in [-0.2, 0) is 48.0 Å². The van der Waals surface area contributed by atoms with Gasteiger partial charge < -0.3 is 24.1 Å². The summed E-state index contributed by atoms with van der Waals surface area (Å²) >= 11 is 3.60. The molecule has 212 valence electrons. The first-order valence-corrected chi connectivity index (χ1v) is 15.1. The molecule has 0 saturated heterocycles. The zero-order valence-electron chi connectivity index (χ0n) is 22.1. The highest BCUT2D eigenvalue weighted by Crippen LogP contribution is 2.39. The zero-order valence-corrected chi connectivity index (χ0v) is 24.5. The van der Waals surface area contributed by atoms with E-state index in [0.29, 0.717) is 26.3 Å². The quantitative estimate of drug-likeness (QED) is 0.272. The van der Waals surface area contributed by atoms with Crippen LogP contribution in [0, 0.1) is 0 Å². The minimum absolute atomic E-state index is 0.0256. The number of thioether (sulfide) groups is 1. The van der Waals surface area contributed by atoms with Crippen LogP contribution in [0.5, 0.6) is 0 Å². The Balaban J connectivity index is 1.46. The monoisotopic (exact) mass is 605 g/mol. The van der Waals surface area contributed by atoms with Crippen LogP contribution in [0.3, 0.4) is 0 Å². The SMILES string of the molecule is CCOC(=O)Cn1c(=NC(=O)CSCC(=O)Nc2sc3c(c2C(=O)OC)CCC3)sc2cc(C(=O)OC)ccc21. The van der Waals surface area contributed by atoms with E-state index in [0.717, 1.165) is 52.8 Å². The summed E-state index contributed by atoms with van der Waals surface area (Å²) in [5.74, 6) is -2.44. The fourth-order valence-corrected chi connectivity index (χ4v) is 7.21. The standard InChI is InChI=1S/C26H27N3O8S3/c1-4-37-21(32)11-29-16-9-8-14(24(33)35-2)10-18(16)40-26(29)28-20(31)13-38-12-19(30)27-23-22(25(34)36-3)15-6-5-7-17(15)39-23/h8-10H,4-7,11-13H2,1-3H3,(H,27,30). The molecule has 0 unspecified atom stereocenters. The summed E-state index contributed by atoms with van der Waals surface area (Å²) in [7, 11) is 2.59. The van der Waals surface area contributed by atoms with Crippen molar-refractivity contribution in [1.82, 2.24) is 4.57 Å². The number of ether oxygens (including phenoxy) is 3. The van der Waals surface area contributed by atoms with E-state index in [1.807, 2.05) is 0 Å². The maximum Gasteiger partial charge on any atom is 0.341 e. The molecule has 1 aliphatic rings. The van der Waals surface area contributed by atoms with E-state index in [1.165, 1.54) is 25.6 Å². The Morgan fingerprint density at radius 2 is 1.82 bits per heavy atom. The maximum absolute atomic E-state index is 12.7. The van der Waals surface area contributed by atoms with Gasteiger partial charge in [-0.2, -0.15) is 4.99 Å². The highest BCUT2D eigenvalue weighted by atomic mass is 32.2. The normalized spacial score (nSPS) is 12.7. The van der Waals surface area contributed by atoms with Gasteiger partial charge in [-0.15, -0.1) is 23.1 Å². The van der Waals surface area contributed by atoms with Crippen molar-refractivity contribution in [2.24, 2.45) is 4.99 Å². The number of carbonyl (C=O) groups excluding carboxylic acids is 5. The number of benzene rings is 1. The van der Waals surface area contributed by atoms with Crippen molar-refractivity contribution in [3.05, 3.63) is 44.6 Å². The molecule has 0 atom stereocenters. The number of rotatable bonds is 10. The number of fused-ring (bicyclic) bond motifs is 2. The molecule has 11 nitrogen and oxygen atoms in total. The maximum atomic E-state index is 12.7. The lowest BCUT2D eigenvalue weighted by atomic mass is 10.1. The van der Waals surface area contributed by atoms with Gasteiger partial charge in [0, 0.05) is 4.88 Å². The average Bonchev–Trinajstić information content (AvgIpc) is 3.61. The number of hydrogen-bond acceptors (Lipinski definition) is 11. The first-order chi connectivity index (χ1) is 19.2. The molecule has 0 saturated carbocycles. The van der Waals surface area contributed by atoms with Gasteiger partial charge in [0.05, 0.1) is 53.7 Å². The van der Waals surface area contributed by atoms with Gasteiger partial charge in [0.2, 0.25) is 5.91 Å². The van der Waals surface area contributed by atoms with Crippen LogP contribution in [0.25, 0.3) is 10.2 Å².